The second-order valence-corrected chi connectivity index (χ2v) is 6.23. The summed E-state index contributed by atoms with van der Waals surface area (Å²) >= 11 is 0. The lowest BCUT2D eigenvalue weighted by molar-refractivity contribution is -0.307. The van der Waals surface area contributed by atoms with Crippen molar-refractivity contribution in [2.24, 2.45) is 5.73 Å². The largest absolute Gasteiger partial charge is 0.546 e. The number of aliphatic hydroxyl groups is 1. The first-order valence-electron chi connectivity index (χ1n) is 8.59. The Kier molecular flexibility index (Phi) is 7.05. The van der Waals surface area contributed by atoms with E-state index in [9.17, 15) is 24.6 Å². The number of nitrogens with one attached hydrogen (secondary N) is 2. The summed E-state index contributed by atoms with van der Waals surface area (Å²) < 4.78 is 4.94. The van der Waals surface area contributed by atoms with E-state index in [4.69, 9.17) is 15.9 Å². The van der Waals surface area contributed by atoms with Gasteiger partial charge in [-0.05, 0) is 43.3 Å². The highest BCUT2D eigenvalue weighted by molar-refractivity contribution is 6.05. The summed E-state index contributed by atoms with van der Waals surface area (Å²) in [7, 11) is 0. The van der Waals surface area contributed by atoms with Gasteiger partial charge in [0.15, 0.2) is 5.78 Å². The number of carboxylic acid groups (broad SMARTS) is 1. The molecule has 2 rings (SSSR count). The van der Waals surface area contributed by atoms with Crippen molar-refractivity contribution < 1.29 is 29.3 Å². The third kappa shape index (κ3) is 5.88. The minimum absolute atomic E-state index is 0.138. The molecule has 9 nitrogen and oxygen atoms in total. The molecular weight excluding hydrogens is 378 g/mol. The second-order valence-electron chi connectivity index (χ2n) is 6.23. The monoisotopic (exact) mass is 398 g/mol. The van der Waals surface area contributed by atoms with Crippen LogP contribution in [0, 0.1) is 5.41 Å². The van der Waals surface area contributed by atoms with Gasteiger partial charge in [-0.3, -0.25) is 15.0 Å². The molecule has 0 aliphatic rings. The summed E-state index contributed by atoms with van der Waals surface area (Å²) in [5.41, 5.74) is 6.26. The number of carbonyl (C=O) groups excluding carboxylic acids is 3. The number of hydrogen-bond donors (Lipinski definition) is 4. The van der Waals surface area contributed by atoms with E-state index in [2.05, 4.69) is 5.32 Å². The number of ether oxygens (including phenoxy) is 1. The Morgan fingerprint density at radius 1 is 1.07 bits per heavy atom. The van der Waals surface area contributed by atoms with E-state index in [0.29, 0.717) is 5.56 Å². The van der Waals surface area contributed by atoms with E-state index in [1.807, 2.05) is 0 Å². The molecule has 0 heterocycles. The molecule has 0 fully saturated rings. The quantitative estimate of drug-likeness (QED) is 0.250. The minimum atomic E-state index is -1.38. The van der Waals surface area contributed by atoms with E-state index in [-0.39, 0.29) is 22.7 Å². The fourth-order valence-electron chi connectivity index (χ4n) is 2.47. The van der Waals surface area contributed by atoms with Crippen molar-refractivity contribution in [3.05, 3.63) is 65.2 Å². The zero-order valence-corrected chi connectivity index (χ0v) is 15.5. The number of aliphatic carboxylic acids is 1. The number of amides is 1. The van der Waals surface area contributed by atoms with Crippen LogP contribution in [-0.2, 0) is 4.79 Å². The maximum absolute atomic E-state index is 12.7. The summed E-state index contributed by atoms with van der Waals surface area (Å²) in [6.45, 7) is 0.751. The molecule has 2 atom stereocenters. The van der Waals surface area contributed by atoms with E-state index >= 15 is 0 Å². The van der Waals surface area contributed by atoms with Gasteiger partial charge in [-0.15, -0.1) is 0 Å². The van der Waals surface area contributed by atoms with Crippen molar-refractivity contribution in [3.8, 4) is 5.75 Å². The van der Waals surface area contributed by atoms with Crippen LogP contribution in [0.5, 0.6) is 5.75 Å². The Labute approximate surface area is 166 Å². The number of nitrogen functional groups attached to an aromatic ring is 1. The summed E-state index contributed by atoms with van der Waals surface area (Å²) in [5, 5.41) is 30.2. The van der Waals surface area contributed by atoms with Crippen LogP contribution in [0.3, 0.4) is 0 Å². The third-order valence-corrected chi connectivity index (χ3v) is 4.01. The molecule has 0 radical (unpaired) electrons. The smallest absolute Gasteiger partial charge is 0.251 e. The van der Waals surface area contributed by atoms with E-state index < -0.39 is 36.4 Å². The zero-order chi connectivity index (χ0) is 21.6. The van der Waals surface area contributed by atoms with E-state index in [1.165, 1.54) is 55.5 Å². The molecule has 1 amide bonds. The molecule has 0 bridgehead atoms. The van der Waals surface area contributed by atoms with Gasteiger partial charge in [-0.1, -0.05) is 12.1 Å². The third-order valence-electron chi connectivity index (χ3n) is 4.01. The fourth-order valence-corrected chi connectivity index (χ4v) is 2.47. The molecule has 0 saturated heterocycles. The number of Topliss-reactive ketones (excluding diaryl/α,β-unsaturated/α-hetero) is 1. The van der Waals surface area contributed by atoms with E-state index in [1.54, 1.807) is 0 Å². The molecule has 5 N–H and O–H groups in total. The topological polar surface area (TPSA) is 166 Å². The Hall–Kier alpha value is -3.72. The van der Waals surface area contributed by atoms with Crippen LogP contribution >= 0.6 is 0 Å². The summed E-state index contributed by atoms with van der Waals surface area (Å²) in [4.78, 5) is 35.6. The Morgan fingerprint density at radius 3 is 2.07 bits per heavy atom. The van der Waals surface area contributed by atoms with Crippen molar-refractivity contribution in [2.75, 3.05) is 6.61 Å². The van der Waals surface area contributed by atoms with Gasteiger partial charge < -0.3 is 30.8 Å². The first-order valence-corrected chi connectivity index (χ1v) is 8.59. The summed E-state index contributed by atoms with van der Waals surface area (Å²) in [6, 6.07) is 10.3. The second kappa shape index (κ2) is 9.47. The van der Waals surface area contributed by atoms with Gasteiger partial charge in [-0.2, -0.15) is 0 Å². The molecular formula is C20H20N3O6-. The van der Waals surface area contributed by atoms with Crippen molar-refractivity contribution >= 4 is 23.5 Å². The standard InChI is InChI=1S/C20H21N3O6/c1-11(24)17(23-20(28)14-4-2-13(3-5-14)19(21)22)18(27)12-6-8-15(9-7-12)29-10-16(25)26/h2-9,11,17,24H,10H2,1H3,(H3,21,22)(H,23,28)(H,25,26)/p-1. The maximum atomic E-state index is 12.7. The van der Waals surface area contributed by atoms with Crippen LogP contribution in [0.2, 0.25) is 0 Å². The van der Waals surface area contributed by atoms with Gasteiger partial charge in [-0.25, -0.2) is 0 Å². The Morgan fingerprint density at radius 2 is 1.59 bits per heavy atom. The molecule has 0 spiro atoms. The summed E-state index contributed by atoms with van der Waals surface area (Å²) in [5.74, 6) is -2.39. The van der Waals surface area contributed by atoms with Crippen molar-refractivity contribution in [3.63, 3.8) is 0 Å². The lowest BCUT2D eigenvalue weighted by atomic mass is 9.99. The normalized spacial score (nSPS) is 12.5. The first-order chi connectivity index (χ1) is 13.7. The van der Waals surface area contributed by atoms with Crippen LogP contribution in [0.1, 0.15) is 33.2 Å². The Balaban J connectivity index is 2.11. The van der Waals surface area contributed by atoms with Crippen LogP contribution < -0.4 is 20.9 Å². The molecule has 9 heteroatoms. The van der Waals surface area contributed by atoms with Gasteiger partial charge in [0.05, 0.1) is 12.1 Å². The molecule has 0 aromatic heterocycles. The van der Waals surface area contributed by atoms with Crippen molar-refractivity contribution in [1.29, 1.82) is 5.41 Å². The van der Waals surface area contributed by atoms with Crippen LogP contribution in [0.15, 0.2) is 48.5 Å². The van der Waals surface area contributed by atoms with Gasteiger partial charge in [0.25, 0.3) is 5.91 Å². The molecule has 2 aromatic carbocycles. The number of amidine groups is 1. The van der Waals surface area contributed by atoms with Crippen molar-refractivity contribution in [2.45, 2.75) is 19.1 Å². The SMILES string of the molecule is CC(O)C(NC(=O)c1ccc(C(=N)N)cc1)C(=O)c1ccc(OCC(=O)[O-])cc1. The number of rotatable bonds is 9. The van der Waals surface area contributed by atoms with E-state index in [0.717, 1.165) is 0 Å². The molecule has 2 aromatic rings. The van der Waals surface area contributed by atoms with Gasteiger partial charge in [0.1, 0.15) is 24.2 Å². The Bertz CT molecular complexity index is 907. The average molecular weight is 398 g/mol. The number of nitrogens with two attached hydrogens (primary N) is 1. The number of aliphatic hydroxyl groups excluding tert-OH is 1. The van der Waals surface area contributed by atoms with Gasteiger partial charge in [0, 0.05) is 16.7 Å². The molecule has 0 saturated carbocycles. The van der Waals surface area contributed by atoms with Crippen LogP contribution in [0.4, 0.5) is 0 Å². The lowest BCUT2D eigenvalue weighted by Gasteiger charge is -2.20. The predicted octanol–water partition coefficient (Wildman–Crippen LogP) is -0.539. The number of carbonyl (C=O) groups is 3. The number of ketones is 1. The highest BCUT2D eigenvalue weighted by atomic mass is 16.5. The average Bonchev–Trinajstić information content (AvgIpc) is 2.70. The van der Waals surface area contributed by atoms with Crippen molar-refractivity contribution in [1.82, 2.24) is 5.32 Å². The predicted molar refractivity (Wildman–Crippen MR) is 102 cm³/mol. The number of carboxylic acids is 1. The van der Waals surface area contributed by atoms with Gasteiger partial charge in [0.2, 0.25) is 0 Å². The highest BCUT2D eigenvalue weighted by Gasteiger charge is 2.27. The maximum Gasteiger partial charge on any atom is 0.251 e. The van der Waals surface area contributed by atoms with Crippen LogP contribution in [0.25, 0.3) is 0 Å². The summed E-state index contributed by atoms with van der Waals surface area (Å²) in [6.07, 6.45) is -1.17. The molecule has 152 valence electrons. The molecule has 2 unspecified atom stereocenters. The minimum Gasteiger partial charge on any atom is -0.546 e. The molecule has 29 heavy (non-hydrogen) atoms. The zero-order valence-electron chi connectivity index (χ0n) is 15.5. The fraction of sp³-hybridized carbons (Fsp3) is 0.200. The molecule has 0 aliphatic carbocycles. The number of benzene rings is 2. The number of hydrogen-bond acceptors (Lipinski definition) is 7. The lowest BCUT2D eigenvalue weighted by Crippen LogP contribution is -2.47. The van der Waals surface area contributed by atoms with Crippen LogP contribution in [-0.4, -0.2) is 47.4 Å². The highest BCUT2D eigenvalue weighted by Crippen LogP contribution is 2.15. The molecule has 0 aliphatic heterocycles. The first kappa shape index (κ1) is 21.6. The van der Waals surface area contributed by atoms with Gasteiger partial charge >= 0.3 is 0 Å².